The third kappa shape index (κ3) is 5.71. The Kier molecular flexibility index (Phi) is 7.25. The van der Waals surface area contributed by atoms with E-state index >= 15 is 0 Å². The van der Waals surface area contributed by atoms with Crippen molar-refractivity contribution in [1.29, 1.82) is 0 Å². The Hall–Kier alpha value is -0.0800. The SMILES string of the molecule is CCCN(C)CC1(CNC(C)C)CCCCCC1. The molecule has 0 spiro atoms. The van der Waals surface area contributed by atoms with E-state index in [1.165, 1.54) is 64.6 Å². The lowest BCUT2D eigenvalue weighted by atomic mass is 9.79. The third-order valence-electron chi connectivity index (χ3n) is 4.26. The van der Waals surface area contributed by atoms with Gasteiger partial charge in [-0.2, -0.15) is 0 Å². The molecule has 18 heavy (non-hydrogen) atoms. The lowest BCUT2D eigenvalue weighted by molar-refractivity contribution is 0.143. The zero-order chi connectivity index (χ0) is 13.4. The highest BCUT2D eigenvalue weighted by Gasteiger charge is 2.31. The van der Waals surface area contributed by atoms with Crippen LogP contribution in [-0.2, 0) is 0 Å². The zero-order valence-electron chi connectivity index (χ0n) is 13.1. The molecule has 0 aliphatic heterocycles. The highest BCUT2D eigenvalue weighted by molar-refractivity contribution is 4.86. The first-order chi connectivity index (χ1) is 8.58. The maximum absolute atomic E-state index is 3.70. The summed E-state index contributed by atoms with van der Waals surface area (Å²) in [6.07, 6.45) is 9.85. The molecule has 2 heteroatoms. The molecule has 0 aromatic heterocycles. The fourth-order valence-corrected chi connectivity index (χ4v) is 3.32. The largest absolute Gasteiger partial charge is 0.314 e. The van der Waals surface area contributed by atoms with Crippen molar-refractivity contribution in [1.82, 2.24) is 10.2 Å². The lowest BCUT2D eigenvalue weighted by Gasteiger charge is -2.37. The summed E-state index contributed by atoms with van der Waals surface area (Å²) < 4.78 is 0. The minimum Gasteiger partial charge on any atom is -0.314 e. The molecule has 0 aromatic rings. The molecule has 0 atom stereocenters. The van der Waals surface area contributed by atoms with Gasteiger partial charge >= 0.3 is 0 Å². The Bertz CT molecular complexity index is 205. The normalized spacial score (nSPS) is 20.3. The summed E-state index contributed by atoms with van der Waals surface area (Å²) in [6, 6.07) is 0.613. The molecular formula is C16H34N2. The Morgan fingerprint density at radius 2 is 1.72 bits per heavy atom. The van der Waals surface area contributed by atoms with Crippen molar-refractivity contribution in [2.75, 3.05) is 26.7 Å². The quantitative estimate of drug-likeness (QED) is 0.697. The van der Waals surface area contributed by atoms with E-state index in [1.54, 1.807) is 0 Å². The highest BCUT2D eigenvalue weighted by Crippen LogP contribution is 2.35. The smallest absolute Gasteiger partial charge is 0.00471 e. The van der Waals surface area contributed by atoms with E-state index in [4.69, 9.17) is 0 Å². The van der Waals surface area contributed by atoms with E-state index in [-0.39, 0.29) is 0 Å². The van der Waals surface area contributed by atoms with Crippen LogP contribution >= 0.6 is 0 Å². The summed E-state index contributed by atoms with van der Waals surface area (Å²) >= 11 is 0. The van der Waals surface area contributed by atoms with Gasteiger partial charge in [0.25, 0.3) is 0 Å². The fraction of sp³-hybridized carbons (Fsp3) is 1.00. The van der Waals surface area contributed by atoms with Crippen LogP contribution in [0.2, 0.25) is 0 Å². The molecule has 0 heterocycles. The summed E-state index contributed by atoms with van der Waals surface area (Å²) in [6.45, 7) is 10.5. The van der Waals surface area contributed by atoms with E-state index in [0.29, 0.717) is 11.5 Å². The first kappa shape index (κ1) is 16.0. The predicted molar refractivity (Wildman–Crippen MR) is 81.1 cm³/mol. The number of rotatable bonds is 7. The van der Waals surface area contributed by atoms with Gasteiger partial charge in [-0.3, -0.25) is 0 Å². The van der Waals surface area contributed by atoms with Gasteiger partial charge in [0.05, 0.1) is 0 Å². The second kappa shape index (κ2) is 8.16. The molecular weight excluding hydrogens is 220 g/mol. The molecule has 0 unspecified atom stereocenters. The molecule has 0 aromatic carbocycles. The second-order valence-corrected chi connectivity index (χ2v) is 6.69. The van der Waals surface area contributed by atoms with E-state index in [2.05, 4.69) is 38.0 Å². The molecule has 0 bridgehead atoms. The van der Waals surface area contributed by atoms with E-state index < -0.39 is 0 Å². The molecule has 1 saturated carbocycles. The summed E-state index contributed by atoms with van der Waals surface area (Å²) in [7, 11) is 2.30. The molecule has 1 aliphatic carbocycles. The van der Waals surface area contributed by atoms with Crippen LogP contribution in [0, 0.1) is 5.41 Å². The summed E-state index contributed by atoms with van der Waals surface area (Å²) in [5.41, 5.74) is 0.532. The zero-order valence-corrected chi connectivity index (χ0v) is 13.1. The highest BCUT2D eigenvalue weighted by atomic mass is 15.1. The van der Waals surface area contributed by atoms with E-state index in [0.717, 1.165) is 0 Å². The number of hydrogen-bond donors (Lipinski definition) is 1. The van der Waals surface area contributed by atoms with Gasteiger partial charge in [-0.1, -0.05) is 46.5 Å². The summed E-state index contributed by atoms with van der Waals surface area (Å²) in [4.78, 5) is 2.55. The second-order valence-electron chi connectivity index (χ2n) is 6.69. The fourth-order valence-electron chi connectivity index (χ4n) is 3.32. The standard InChI is InChI=1S/C16H34N2/c1-5-12-18(4)14-16(13-17-15(2)3)10-8-6-7-9-11-16/h15,17H,5-14H2,1-4H3. The van der Waals surface area contributed by atoms with Crippen molar-refractivity contribution in [3.8, 4) is 0 Å². The van der Waals surface area contributed by atoms with Crippen LogP contribution in [0.5, 0.6) is 0 Å². The molecule has 0 radical (unpaired) electrons. The van der Waals surface area contributed by atoms with Crippen molar-refractivity contribution in [3.63, 3.8) is 0 Å². The van der Waals surface area contributed by atoms with Crippen LogP contribution < -0.4 is 5.32 Å². The third-order valence-corrected chi connectivity index (χ3v) is 4.26. The lowest BCUT2D eigenvalue weighted by Crippen LogP contribution is -2.44. The molecule has 1 aliphatic rings. The van der Waals surface area contributed by atoms with Gasteiger partial charge in [-0.25, -0.2) is 0 Å². The van der Waals surface area contributed by atoms with Gasteiger partial charge in [0.15, 0.2) is 0 Å². The molecule has 1 fully saturated rings. The number of hydrogen-bond acceptors (Lipinski definition) is 2. The van der Waals surface area contributed by atoms with Crippen molar-refractivity contribution in [3.05, 3.63) is 0 Å². The van der Waals surface area contributed by atoms with Gasteiger partial charge in [-0.05, 0) is 38.3 Å². The van der Waals surface area contributed by atoms with Crippen molar-refractivity contribution in [2.24, 2.45) is 5.41 Å². The Morgan fingerprint density at radius 3 is 2.22 bits per heavy atom. The van der Waals surface area contributed by atoms with Crippen LogP contribution in [0.3, 0.4) is 0 Å². The van der Waals surface area contributed by atoms with Gasteiger partial charge in [0.1, 0.15) is 0 Å². The molecule has 1 rings (SSSR count). The van der Waals surface area contributed by atoms with E-state index in [9.17, 15) is 0 Å². The predicted octanol–water partition coefficient (Wildman–Crippen LogP) is 3.67. The summed E-state index contributed by atoms with van der Waals surface area (Å²) in [5, 5.41) is 3.70. The van der Waals surface area contributed by atoms with Crippen molar-refractivity contribution >= 4 is 0 Å². The average molecular weight is 254 g/mol. The van der Waals surface area contributed by atoms with Crippen LogP contribution in [0.15, 0.2) is 0 Å². The van der Waals surface area contributed by atoms with Crippen LogP contribution in [0.1, 0.15) is 65.7 Å². The van der Waals surface area contributed by atoms with Crippen LogP contribution in [0.4, 0.5) is 0 Å². The maximum Gasteiger partial charge on any atom is 0.00471 e. The van der Waals surface area contributed by atoms with Gasteiger partial charge in [-0.15, -0.1) is 0 Å². The van der Waals surface area contributed by atoms with Gasteiger partial charge in [0, 0.05) is 19.1 Å². The van der Waals surface area contributed by atoms with Crippen LogP contribution in [0.25, 0.3) is 0 Å². The monoisotopic (exact) mass is 254 g/mol. The minimum absolute atomic E-state index is 0.532. The Balaban J connectivity index is 2.59. The van der Waals surface area contributed by atoms with Gasteiger partial charge in [0.2, 0.25) is 0 Å². The van der Waals surface area contributed by atoms with Crippen molar-refractivity contribution in [2.45, 2.75) is 71.8 Å². The van der Waals surface area contributed by atoms with Crippen LogP contribution in [-0.4, -0.2) is 37.6 Å². The number of nitrogens with zero attached hydrogens (tertiary/aromatic N) is 1. The number of nitrogens with one attached hydrogen (secondary N) is 1. The molecule has 108 valence electrons. The maximum atomic E-state index is 3.70. The van der Waals surface area contributed by atoms with Crippen molar-refractivity contribution < 1.29 is 0 Å². The molecule has 2 nitrogen and oxygen atoms in total. The Morgan fingerprint density at radius 1 is 1.11 bits per heavy atom. The Labute approximate surface area is 115 Å². The van der Waals surface area contributed by atoms with E-state index in [1.807, 2.05) is 0 Å². The minimum atomic E-state index is 0.532. The average Bonchev–Trinajstić information content (AvgIpc) is 2.53. The molecule has 0 amide bonds. The summed E-state index contributed by atoms with van der Waals surface area (Å²) in [5.74, 6) is 0. The van der Waals surface area contributed by atoms with Gasteiger partial charge < -0.3 is 10.2 Å². The molecule has 1 N–H and O–H groups in total. The first-order valence-electron chi connectivity index (χ1n) is 8.00. The first-order valence-corrected chi connectivity index (χ1v) is 8.00. The molecule has 0 saturated heterocycles. The topological polar surface area (TPSA) is 15.3 Å².